The van der Waals surface area contributed by atoms with Crippen LogP contribution in [0.4, 0.5) is 5.69 Å². The number of nitrogens with two attached hydrogens (primary N) is 1. The van der Waals surface area contributed by atoms with Gasteiger partial charge >= 0.3 is 0 Å². The van der Waals surface area contributed by atoms with Gasteiger partial charge in [-0.05, 0) is 44.6 Å². The van der Waals surface area contributed by atoms with Gasteiger partial charge in [-0.15, -0.1) is 0 Å². The zero-order valence-electron chi connectivity index (χ0n) is 12.5. The molecule has 1 saturated carbocycles. The topological polar surface area (TPSA) is 58.4 Å². The minimum atomic E-state index is -0.680. The van der Waals surface area contributed by atoms with Crippen LogP contribution in [-0.4, -0.2) is 30.4 Å². The summed E-state index contributed by atoms with van der Waals surface area (Å²) in [6.45, 7) is 0.898. The highest BCUT2D eigenvalue weighted by molar-refractivity contribution is 5.98. The Morgan fingerprint density at radius 3 is 2.35 bits per heavy atom. The molecule has 4 nitrogen and oxygen atoms in total. The summed E-state index contributed by atoms with van der Waals surface area (Å²) in [5.41, 5.74) is 7.60. The molecule has 0 bridgehead atoms. The number of anilines is 1. The van der Waals surface area contributed by atoms with Crippen molar-refractivity contribution in [2.75, 3.05) is 19.4 Å². The summed E-state index contributed by atoms with van der Waals surface area (Å²) < 4.78 is 0. The van der Waals surface area contributed by atoms with Gasteiger partial charge in [-0.25, -0.2) is 0 Å². The fraction of sp³-hybridized carbons (Fsp3) is 0.562. The van der Waals surface area contributed by atoms with Crippen molar-refractivity contribution in [1.29, 1.82) is 0 Å². The van der Waals surface area contributed by atoms with Gasteiger partial charge in [-0.2, -0.15) is 0 Å². The smallest absolute Gasteiger partial charge is 0.244 e. The van der Waals surface area contributed by atoms with Gasteiger partial charge < -0.3 is 16.0 Å². The number of carbonyl (C=O) groups is 1. The van der Waals surface area contributed by atoms with Crippen molar-refractivity contribution in [2.24, 2.45) is 5.73 Å². The van der Waals surface area contributed by atoms with Crippen LogP contribution in [-0.2, 0) is 11.3 Å². The van der Waals surface area contributed by atoms with E-state index in [1.165, 1.54) is 12.0 Å². The van der Waals surface area contributed by atoms with Gasteiger partial charge in [0.15, 0.2) is 0 Å². The SMILES string of the molecule is CN(C)Cc1ccc(NC(=O)C2(N)CCCCC2)cc1. The first-order chi connectivity index (χ1) is 9.49. The Morgan fingerprint density at radius 2 is 1.80 bits per heavy atom. The first kappa shape index (κ1) is 15.0. The van der Waals surface area contributed by atoms with Gasteiger partial charge in [-0.3, -0.25) is 4.79 Å². The number of hydrogen-bond acceptors (Lipinski definition) is 3. The Kier molecular flexibility index (Phi) is 4.78. The van der Waals surface area contributed by atoms with E-state index >= 15 is 0 Å². The number of nitrogens with one attached hydrogen (secondary N) is 1. The van der Waals surface area contributed by atoms with Crippen molar-refractivity contribution in [3.05, 3.63) is 29.8 Å². The summed E-state index contributed by atoms with van der Waals surface area (Å²) in [5, 5.41) is 2.96. The normalized spacial score (nSPS) is 18.0. The largest absolute Gasteiger partial charge is 0.324 e. The summed E-state index contributed by atoms with van der Waals surface area (Å²) >= 11 is 0. The van der Waals surface area contributed by atoms with Gasteiger partial charge in [0, 0.05) is 12.2 Å². The molecule has 4 heteroatoms. The van der Waals surface area contributed by atoms with Crippen LogP contribution >= 0.6 is 0 Å². The highest BCUT2D eigenvalue weighted by Gasteiger charge is 2.35. The Morgan fingerprint density at radius 1 is 1.20 bits per heavy atom. The minimum absolute atomic E-state index is 0.0439. The maximum Gasteiger partial charge on any atom is 0.244 e. The van der Waals surface area contributed by atoms with E-state index < -0.39 is 5.54 Å². The molecule has 0 aromatic heterocycles. The standard InChI is InChI=1S/C16H25N3O/c1-19(2)12-13-6-8-14(9-7-13)18-15(20)16(17)10-4-3-5-11-16/h6-9H,3-5,10-12,17H2,1-2H3,(H,18,20). The van der Waals surface area contributed by atoms with Crippen LogP contribution < -0.4 is 11.1 Å². The average Bonchev–Trinajstić information content (AvgIpc) is 2.41. The lowest BCUT2D eigenvalue weighted by Gasteiger charge is -2.31. The molecule has 3 N–H and O–H groups in total. The summed E-state index contributed by atoms with van der Waals surface area (Å²) in [5.74, 6) is -0.0439. The molecule has 2 rings (SSSR count). The third-order valence-corrected chi connectivity index (χ3v) is 3.91. The van der Waals surface area contributed by atoms with Gasteiger partial charge in [0.1, 0.15) is 0 Å². The zero-order valence-corrected chi connectivity index (χ0v) is 12.5. The molecule has 20 heavy (non-hydrogen) atoms. The fourth-order valence-electron chi connectivity index (χ4n) is 2.72. The number of nitrogens with zero attached hydrogens (tertiary/aromatic N) is 1. The van der Waals surface area contributed by atoms with E-state index in [9.17, 15) is 4.79 Å². The van der Waals surface area contributed by atoms with E-state index in [1.807, 2.05) is 38.4 Å². The van der Waals surface area contributed by atoms with E-state index in [-0.39, 0.29) is 5.91 Å². The van der Waals surface area contributed by atoms with Crippen LogP contribution in [0.15, 0.2) is 24.3 Å². The first-order valence-electron chi connectivity index (χ1n) is 7.34. The van der Waals surface area contributed by atoms with E-state index in [2.05, 4.69) is 10.2 Å². The molecule has 0 aliphatic heterocycles. The minimum Gasteiger partial charge on any atom is -0.324 e. The molecular weight excluding hydrogens is 250 g/mol. The Labute approximate surface area is 121 Å². The molecule has 0 spiro atoms. The average molecular weight is 275 g/mol. The summed E-state index contributed by atoms with van der Waals surface area (Å²) in [6, 6.07) is 7.98. The van der Waals surface area contributed by atoms with E-state index in [0.29, 0.717) is 0 Å². The van der Waals surface area contributed by atoms with Gasteiger partial charge in [0.25, 0.3) is 0 Å². The fourth-order valence-corrected chi connectivity index (χ4v) is 2.72. The van der Waals surface area contributed by atoms with Crippen molar-refractivity contribution >= 4 is 11.6 Å². The maximum absolute atomic E-state index is 12.3. The molecule has 0 saturated heterocycles. The molecule has 0 radical (unpaired) electrons. The Hall–Kier alpha value is -1.39. The number of benzene rings is 1. The van der Waals surface area contributed by atoms with Gasteiger partial charge in [0.05, 0.1) is 5.54 Å². The highest BCUT2D eigenvalue weighted by atomic mass is 16.2. The first-order valence-corrected chi connectivity index (χ1v) is 7.34. The predicted molar refractivity (Wildman–Crippen MR) is 82.5 cm³/mol. The second-order valence-corrected chi connectivity index (χ2v) is 6.11. The maximum atomic E-state index is 12.3. The van der Waals surface area contributed by atoms with E-state index in [1.54, 1.807) is 0 Å². The third-order valence-electron chi connectivity index (χ3n) is 3.91. The molecule has 1 fully saturated rings. The molecule has 1 aromatic carbocycles. The molecule has 0 atom stereocenters. The van der Waals surface area contributed by atoms with Crippen LogP contribution in [0.3, 0.4) is 0 Å². The predicted octanol–water partition coefficient (Wildman–Crippen LogP) is 2.35. The summed E-state index contributed by atoms with van der Waals surface area (Å²) in [6.07, 6.45) is 4.86. The highest BCUT2D eigenvalue weighted by Crippen LogP contribution is 2.27. The van der Waals surface area contributed by atoms with Crippen LogP contribution in [0.5, 0.6) is 0 Å². The van der Waals surface area contributed by atoms with Gasteiger partial charge in [0.2, 0.25) is 5.91 Å². The lowest BCUT2D eigenvalue weighted by atomic mass is 9.82. The number of amides is 1. The van der Waals surface area contributed by atoms with Crippen molar-refractivity contribution in [3.8, 4) is 0 Å². The Bertz CT molecular complexity index is 447. The van der Waals surface area contributed by atoms with Crippen LogP contribution in [0.25, 0.3) is 0 Å². The summed E-state index contributed by atoms with van der Waals surface area (Å²) in [4.78, 5) is 14.4. The molecule has 110 valence electrons. The molecule has 0 unspecified atom stereocenters. The second kappa shape index (κ2) is 6.37. The third kappa shape index (κ3) is 3.81. The number of rotatable bonds is 4. The van der Waals surface area contributed by atoms with Crippen LogP contribution in [0.2, 0.25) is 0 Å². The quantitative estimate of drug-likeness (QED) is 0.887. The summed E-state index contributed by atoms with van der Waals surface area (Å²) in [7, 11) is 4.08. The molecule has 1 aliphatic rings. The molecule has 0 heterocycles. The lowest BCUT2D eigenvalue weighted by Crippen LogP contribution is -2.52. The van der Waals surface area contributed by atoms with E-state index in [0.717, 1.165) is 37.9 Å². The molecule has 1 aromatic rings. The van der Waals surface area contributed by atoms with Crippen molar-refractivity contribution in [2.45, 2.75) is 44.2 Å². The number of carbonyl (C=O) groups excluding carboxylic acids is 1. The zero-order chi connectivity index (χ0) is 14.6. The van der Waals surface area contributed by atoms with Crippen LogP contribution in [0, 0.1) is 0 Å². The van der Waals surface area contributed by atoms with Crippen molar-refractivity contribution in [1.82, 2.24) is 4.90 Å². The molecular formula is C16H25N3O. The van der Waals surface area contributed by atoms with Gasteiger partial charge in [-0.1, -0.05) is 31.4 Å². The van der Waals surface area contributed by atoms with Crippen molar-refractivity contribution < 1.29 is 4.79 Å². The number of hydrogen-bond donors (Lipinski definition) is 2. The van der Waals surface area contributed by atoms with Crippen LogP contribution in [0.1, 0.15) is 37.7 Å². The lowest BCUT2D eigenvalue weighted by molar-refractivity contribution is -0.122. The molecule has 1 aliphatic carbocycles. The van der Waals surface area contributed by atoms with E-state index in [4.69, 9.17) is 5.73 Å². The van der Waals surface area contributed by atoms with Crippen molar-refractivity contribution in [3.63, 3.8) is 0 Å². The molecule has 1 amide bonds. The Balaban J connectivity index is 1.97. The monoisotopic (exact) mass is 275 g/mol. The second-order valence-electron chi connectivity index (χ2n) is 6.11.